The van der Waals surface area contributed by atoms with Crippen LogP contribution in [0.15, 0.2) is 30.3 Å². The van der Waals surface area contributed by atoms with E-state index < -0.39 is 22.2 Å². The molecule has 3 rings (SSSR count). The Kier molecular flexibility index (Phi) is 8.03. The lowest BCUT2D eigenvalue weighted by Crippen LogP contribution is -2.47. The van der Waals surface area contributed by atoms with Crippen molar-refractivity contribution in [2.45, 2.75) is 43.6 Å². The first-order chi connectivity index (χ1) is 13.5. The number of alkyl halides is 3. The molecule has 0 spiro atoms. The topological polar surface area (TPSA) is 95.9 Å². The van der Waals surface area contributed by atoms with Gasteiger partial charge in [-0.25, -0.2) is 17.9 Å². The van der Waals surface area contributed by atoms with Gasteiger partial charge in [0.05, 0.1) is 18.4 Å². The van der Waals surface area contributed by atoms with Crippen LogP contribution >= 0.6 is 0 Å². The molecule has 2 fully saturated rings. The van der Waals surface area contributed by atoms with Crippen LogP contribution in [0, 0.1) is 0 Å². The number of nitrogens with zero attached hydrogens (tertiary/aromatic N) is 1. The maximum absolute atomic E-state index is 11.6. The molecule has 164 valence electrons. The molecule has 2 saturated heterocycles. The minimum atomic E-state index is -5.08. The Hall–Kier alpha value is -1.69. The standard InChI is InChI=1S/C16H24N2O3S.C2HF3O2/c1-22(19,20)17-14-12-18(15-8-5-11-21-16(14)15)10-9-13-6-3-2-4-7-13;3-2(4,5)1(6)7/h2-4,6-7,14-17H,5,8-12H2,1H3;(H,6,7)/t14-,15-,16-;/m1./s1. The summed E-state index contributed by atoms with van der Waals surface area (Å²) in [6.45, 7) is 2.40. The summed E-state index contributed by atoms with van der Waals surface area (Å²) in [6.07, 6.45) is -0.761. The van der Waals surface area contributed by atoms with E-state index in [9.17, 15) is 21.6 Å². The number of aliphatic carboxylic acids is 1. The van der Waals surface area contributed by atoms with Crippen molar-refractivity contribution >= 4 is 16.0 Å². The number of fused-ring (bicyclic) bond motifs is 1. The van der Waals surface area contributed by atoms with Crippen molar-refractivity contribution in [3.05, 3.63) is 35.9 Å². The maximum Gasteiger partial charge on any atom is 0.490 e. The van der Waals surface area contributed by atoms with Crippen LogP contribution in [-0.4, -0.2) is 74.7 Å². The molecule has 1 aromatic rings. The number of rotatable bonds is 5. The molecule has 1 aromatic carbocycles. The molecular weight excluding hydrogens is 413 g/mol. The summed E-state index contributed by atoms with van der Waals surface area (Å²) in [5.41, 5.74) is 1.32. The summed E-state index contributed by atoms with van der Waals surface area (Å²) in [4.78, 5) is 11.3. The van der Waals surface area contributed by atoms with Crippen LogP contribution in [0.3, 0.4) is 0 Å². The Balaban J connectivity index is 0.000000370. The molecule has 0 amide bonds. The number of hydrogen-bond donors (Lipinski definition) is 2. The van der Waals surface area contributed by atoms with Crippen molar-refractivity contribution in [1.82, 2.24) is 9.62 Å². The lowest BCUT2D eigenvalue weighted by Gasteiger charge is -2.32. The lowest BCUT2D eigenvalue weighted by atomic mass is 10.0. The van der Waals surface area contributed by atoms with Crippen LogP contribution in [0.1, 0.15) is 18.4 Å². The Bertz CT molecular complexity index is 773. The SMILES string of the molecule is CS(=O)(=O)N[C@@H]1CN(CCc2ccccc2)[C@@H]2CCCO[C@@H]21.O=C(O)C(F)(F)F. The first-order valence-electron chi connectivity index (χ1n) is 9.14. The van der Waals surface area contributed by atoms with Gasteiger partial charge in [0.2, 0.25) is 10.0 Å². The average molecular weight is 438 g/mol. The van der Waals surface area contributed by atoms with Crippen molar-refractivity contribution in [2.24, 2.45) is 0 Å². The number of carbonyl (C=O) groups is 1. The fourth-order valence-electron chi connectivity index (χ4n) is 3.61. The van der Waals surface area contributed by atoms with Gasteiger partial charge in [-0.1, -0.05) is 30.3 Å². The fourth-order valence-corrected chi connectivity index (χ4v) is 4.37. The number of carboxylic acid groups (broad SMARTS) is 1. The van der Waals surface area contributed by atoms with E-state index in [0.717, 1.165) is 39.0 Å². The normalized spacial score (nSPS) is 25.0. The smallest absolute Gasteiger partial charge is 0.475 e. The van der Waals surface area contributed by atoms with Crippen LogP contribution in [0.2, 0.25) is 0 Å². The summed E-state index contributed by atoms with van der Waals surface area (Å²) in [7, 11) is -3.21. The highest BCUT2D eigenvalue weighted by molar-refractivity contribution is 7.88. The molecule has 0 saturated carbocycles. The van der Waals surface area contributed by atoms with E-state index in [1.54, 1.807) is 0 Å². The summed E-state index contributed by atoms with van der Waals surface area (Å²) in [5, 5.41) is 7.12. The predicted octanol–water partition coefficient (Wildman–Crippen LogP) is 1.64. The molecular formula is C18H25F3N2O5S. The fraction of sp³-hybridized carbons (Fsp3) is 0.611. The number of ether oxygens (including phenoxy) is 1. The number of hydrogen-bond acceptors (Lipinski definition) is 5. The predicted molar refractivity (Wildman–Crippen MR) is 99.9 cm³/mol. The van der Waals surface area contributed by atoms with E-state index in [1.807, 2.05) is 6.07 Å². The van der Waals surface area contributed by atoms with Gasteiger partial charge in [0.1, 0.15) is 0 Å². The van der Waals surface area contributed by atoms with Crippen molar-refractivity contribution < 1.29 is 36.2 Å². The largest absolute Gasteiger partial charge is 0.490 e. The first-order valence-corrected chi connectivity index (χ1v) is 11.0. The van der Waals surface area contributed by atoms with Crippen LogP contribution in [-0.2, 0) is 26.0 Å². The average Bonchev–Trinajstić information content (AvgIpc) is 2.97. The lowest BCUT2D eigenvalue weighted by molar-refractivity contribution is -0.192. The first kappa shape index (κ1) is 23.6. The summed E-state index contributed by atoms with van der Waals surface area (Å²) in [6, 6.07) is 10.6. The number of benzene rings is 1. The second-order valence-corrected chi connectivity index (χ2v) is 8.85. The third kappa shape index (κ3) is 7.57. The van der Waals surface area contributed by atoms with Gasteiger partial charge in [-0.2, -0.15) is 13.2 Å². The third-order valence-electron chi connectivity index (χ3n) is 4.77. The Morgan fingerprint density at radius 2 is 1.93 bits per heavy atom. The van der Waals surface area contributed by atoms with Crippen LogP contribution in [0.25, 0.3) is 0 Å². The second-order valence-electron chi connectivity index (χ2n) is 7.07. The highest BCUT2D eigenvalue weighted by Gasteiger charge is 2.44. The van der Waals surface area contributed by atoms with Gasteiger partial charge in [0, 0.05) is 25.7 Å². The van der Waals surface area contributed by atoms with Gasteiger partial charge in [-0.05, 0) is 24.8 Å². The van der Waals surface area contributed by atoms with Crippen molar-refractivity contribution in [3.63, 3.8) is 0 Å². The molecule has 0 radical (unpaired) electrons. The van der Waals surface area contributed by atoms with Crippen LogP contribution in [0.4, 0.5) is 13.2 Å². The Morgan fingerprint density at radius 1 is 1.31 bits per heavy atom. The summed E-state index contributed by atoms with van der Waals surface area (Å²) >= 11 is 0. The van der Waals surface area contributed by atoms with Gasteiger partial charge in [0.15, 0.2) is 0 Å². The summed E-state index contributed by atoms with van der Waals surface area (Å²) < 4.78 is 63.5. The Morgan fingerprint density at radius 3 is 2.48 bits per heavy atom. The molecule has 29 heavy (non-hydrogen) atoms. The van der Waals surface area contributed by atoms with Crippen molar-refractivity contribution in [2.75, 3.05) is 26.0 Å². The van der Waals surface area contributed by atoms with Crippen LogP contribution in [0.5, 0.6) is 0 Å². The molecule has 0 bridgehead atoms. The highest BCUT2D eigenvalue weighted by Crippen LogP contribution is 2.29. The minimum Gasteiger partial charge on any atom is -0.475 e. The second kappa shape index (κ2) is 9.88. The number of likely N-dealkylation sites (tertiary alicyclic amines) is 1. The van der Waals surface area contributed by atoms with E-state index in [4.69, 9.17) is 14.6 Å². The highest BCUT2D eigenvalue weighted by atomic mass is 32.2. The van der Waals surface area contributed by atoms with Gasteiger partial charge in [-0.15, -0.1) is 0 Å². The van der Waals surface area contributed by atoms with Gasteiger partial charge < -0.3 is 9.84 Å². The van der Waals surface area contributed by atoms with Gasteiger partial charge in [-0.3, -0.25) is 4.90 Å². The van der Waals surface area contributed by atoms with Crippen LogP contribution < -0.4 is 4.72 Å². The zero-order chi connectivity index (χ0) is 21.7. The summed E-state index contributed by atoms with van der Waals surface area (Å²) in [5.74, 6) is -2.76. The van der Waals surface area contributed by atoms with Crippen molar-refractivity contribution in [1.29, 1.82) is 0 Å². The molecule has 2 aliphatic heterocycles. The Labute approximate surface area is 167 Å². The molecule has 7 nitrogen and oxygen atoms in total. The monoisotopic (exact) mass is 438 g/mol. The molecule has 11 heteroatoms. The van der Waals surface area contributed by atoms with Gasteiger partial charge in [0.25, 0.3) is 0 Å². The molecule has 0 unspecified atom stereocenters. The van der Waals surface area contributed by atoms with Gasteiger partial charge >= 0.3 is 12.1 Å². The molecule has 0 aliphatic carbocycles. The molecule has 3 atom stereocenters. The molecule has 2 aliphatic rings. The zero-order valence-corrected chi connectivity index (χ0v) is 16.7. The number of nitrogens with one attached hydrogen (secondary N) is 1. The minimum absolute atomic E-state index is 0.0146. The van der Waals surface area contributed by atoms with E-state index in [2.05, 4.69) is 33.9 Å². The zero-order valence-electron chi connectivity index (χ0n) is 15.9. The maximum atomic E-state index is 11.6. The third-order valence-corrected chi connectivity index (χ3v) is 5.50. The quantitative estimate of drug-likeness (QED) is 0.726. The van der Waals surface area contributed by atoms with E-state index in [-0.39, 0.29) is 12.1 Å². The number of carboxylic acids is 1. The molecule has 2 heterocycles. The van der Waals surface area contributed by atoms with Crippen molar-refractivity contribution in [3.8, 4) is 0 Å². The van der Waals surface area contributed by atoms with E-state index in [0.29, 0.717) is 6.04 Å². The molecule has 2 N–H and O–H groups in total. The number of halogens is 3. The van der Waals surface area contributed by atoms with E-state index in [1.165, 1.54) is 11.8 Å². The van der Waals surface area contributed by atoms with E-state index >= 15 is 0 Å². The number of sulfonamides is 1. The molecule has 0 aromatic heterocycles.